The van der Waals surface area contributed by atoms with E-state index in [0.29, 0.717) is 12.1 Å². The van der Waals surface area contributed by atoms with Gasteiger partial charge in [0.05, 0.1) is 6.54 Å². The standard InChI is InChI=1S/C11H20N2/c1-3-4-8-13-10(2)6-5-7-11(13)9-12/h10-11H,5-9,12H2,1-2H3. The Labute approximate surface area is 81.5 Å². The van der Waals surface area contributed by atoms with Crippen LogP contribution in [-0.2, 0) is 0 Å². The molecule has 1 aliphatic heterocycles. The van der Waals surface area contributed by atoms with E-state index in [0.717, 1.165) is 13.1 Å². The molecule has 0 aromatic carbocycles. The molecule has 0 radical (unpaired) electrons. The zero-order valence-electron chi connectivity index (χ0n) is 8.71. The second kappa shape index (κ2) is 5.26. The monoisotopic (exact) mass is 180 g/mol. The van der Waals surface area contributed by atoms with E-state index < -0.39 is 0 Å². The fourth-order valence-electron chi connectivity index (χ4n) is 2.05. The van der Waals surface area contributed by atoms with E-state index in [1.807, 2.05) is 6.92 Å². The molecule has 1 heterocycles. The summed E-state index contributed by atoms with van der Waals surface area (Å²) in [4.78, 5) is 2.44. The zero-order chi connectivity index (χ0) is 9.68. The zero-order valence-corrected chi connectivity index (χ0v) is 8.71. The molecule has 0 amide bonds. The lowest BCUT2D eigenvalue weighted by atomic mass is 9.96. The Kier molecular flexibility index (Phi) is 4.27. The predicted octanol–water partition coefficient (Wildman–Crippen LogP) is 1.21. The van der Waals surface area contributed by atoms with Crippen LogP contribution < -0.4 is 5.73 Å². The quantitative estimate of drug-likeness (QED) is 0.647. The van der Waals surface area contributed by atoms with E-state index in [4.69, 9.17) is 5.73 Å². The van der Waals surface area contributed by atoms with Crippen molar-refractivity contribution in [2.45, 2.75) is 45.2 Å². The molecule has 2 unspecified atom stereocenters. The van der Waals surface area contributed by atoms with E-state index in [-0.39, 0.29) is 0 Å². The van der Waals surface area contributed by atoms with Crippen molar-refractivity contribution in [3.8, 4) is 11.8 Å². The third-order valence-electron chi connectivity index (χ3n) is 2.90. The second-order valence-corrected chi connectivity index (χ2v) is 3.77. The van der Waals surface area contributed by atoms with Crippen molar-refractivity contribution in [2.75, 3.05) is 13.1 Å². The number of likely N-dealkylation sites (tertiary alicyclic amines) is 1. The Morgan fingerprint density at radius 1 is 1.46 bits per heavy atom. The van der Waals surface area contributed by atoms with Crippen molar-refractivity contribution < 1.29 is 0 Å². The fraction of sp³-hybridized carbons (Fsp3) is 0.818. The van der Waals surface area contributed by atoms with Crippen molar-refractivity contribution >= 4 is 0 Å². The van der Waals surface area contributed by atoms with E-state index in [2.05, 4.69) is 23.7 Å². The highest BCUT2D eigenvalue weighted by Gasteiger charge is 2.25. The molecule has 13 heavy (non-hydrogen) atoms. The molecule has 2 nitrogen and oxygen atoms in total. The van der Waals surface area contributed by atoms with Gasteiger partial charge in [-0.25, -0.2) is 0 Å². The van der Waals surface area contributed by atoms with Crippen molar-refractivity contribution in [3.63, 3.8) is 0 Å². The Balaban J connectivity index is 2.54. The first-order valence-electron chi connectivity index (χ1n) is 5.15. The lowest BCUT2D eigenvalue weighted by molar-refractivity contribution is 0.114. The van der Waals surface area contributed by atoms with Crippen LogP contribution in [0.3, 0.4) is 0 Å². The number of piperidine rings is 1. The highest BCUT2D eigenvalue weighted by atomic mass is 15.2. The molecule has 2 N–H and O–H groups in total. The van der Waals surface area contributed by atoms with Crippen molar-refractivity contribution in [1.29, 1.82) is 0 Å². The second-order valence-electron chi connectivity index (χ2n) is 3.77. The molecular weight excluding hydrogens is 160 g/mol. The summed E-state index contributed by atoms with van der Waals surface area (Å²) in [6.45, 7) is 5.83. The molecule has 74 valence electrons. The molecule has 0 spiro atoms. The fourth-order valence-corrected chi connectivity index (χ4v) is 2.05. The molecule has 1 rings (SSSR count). The van der Waals surface area contributed by atoms with E-state index in [1.54, 1.807) is 0 Å². The van der Waals surface area contributed by atoms with Gasteiger partial charge in [0.2, 0.25) is 0 Å². The molecule has 0 bridgehead atoms. The van der Waals surface area contributed by atoms with E-state index in [9.17, 15) is 0 Å². The van der Waals surface area contributed by atoms with Gasteiger partial charge >= 0.3 is 0 Å². The molecule has 0 aromatic rings. The summed E-state index contributed by atoms with van der Waals surface area (Å²) in [5.41, 5.74) is 5.74. The Hall–Kier alpha value is -0.520. The minimum atomic E-state index is 0.560. The molecule has 0 aromatic heterocycles. The highest BCUT2D eigenvalue weighted by molar-refractivity contribution is 5.00. The Morgan fingerprint density at radius 2 is 2.23 bits per heavy atom. The first-order valence-corrected chi connectivity index (χ1v) is 5.15. The molecule has 0 saturated carbocycles. The molecule has 2 heteroatoms. The summed E-state index contributed by atoms with van der Waals surface area (Å²) in [6, 6.07) is 1.22. The van der Waals surface area contributed by atoms with Gasteiger partial charge in [0.25, 0.3) is 0 Å². The number of hydrogen-bond donors (Lipinski definition) is 1. The van der Waals surface area contributed by atoms with Gasteiger partial charge < -0.3 is 5.73 Å². The van der Waals surface area contributed by atoms with Crippen LogP contribution in [0.5, 0.6) is 0 Å². The Bertz CT molecular complexity index is 202. The largest absolute Gasteiger partial charge is 0.329 e. The third kappa shape index (κ3) is 2.72. The molecular formula is C11H20N2. The summed E-state index contributed by atoms with van der Waals surface area (Å²) in [5, 5.41) is 0. The SMILES string of the molecule is CC#CCN1C(C)CCCC1CN. The lowest BCUT2D eigenvalue weighted by Crippen LogP contribution is -2.48. The van der Waals surface area contributed by atoms with Gasteiger partial charge in [-0.3, -0.25) is 4.90 Å². The van der Waals surface area contributed by atoms with Crippen LogP contribution in [0.4, 0.5) is 0 Å². The summed E-state index contributed by atoms with van der Waals surface area (Å²) in [7, 11) is 0. The summed E-state index contributed by atoms with van der Waals surface area (Å²) in [6.07, 6.45) is 3.85. The number of nitrogens with two attached hydrogens (primary N) is 1. The maximum Gasteiger partial charge on any atom is 0.0606 e. The molecule has 0 aliphatic carbocycles. The molecule has 1 aliphatic rings. The third-order valence-corrected chi connectivity index (χ3v) is 2.90. The van der Waals surface area contributed by atoms with Gasteiger partial charge in [-0.15, -0.1) is 5.92 Å². The van der Waals surface area contributed by atoms with Crippen LogP contribution in [0.25, 0.3) is 0 Å². The maximum absolute atomic E-state index is 5.74. The molecule has 1 saturated heterocycles. The van der Waals surface area contributed by atoms with Crippen LogP contribution in [-0.4, -0.2) is 30.1 Å². The number of nitrogens with zero attached hydrogens (tertiary/aromatic N) is 1. The lowest BCUT2D eigenvalue weighted by Gasteiger charge is -2.38. The smallest absolute Gasteiger partial charge is 0.0606 e. The minimum Gasteiger partial charge on any atom is -0.329 e. The Morgan fingerprint density at radius 3 is 2.85 bits per heavy atom. The topological polar surface area (TPSA) is 29.3 Å². The van der Waals surface area contributed by atoms with Crippen LogP contribution in [0.1, 0.15) is 33.1 Å². The summed E-state index contributed by atoms with van der Waals surface area (Å²) >= 11 is 0. The van der Waals surface area contributed by atoms with Gasteiger partial charge in [-0.1, -0.05) is 12.3 Å². The number of hydrogen-bond acceptors (Lipinski definition) is 2. The van der Waals surface area contributed by atoms with E-state index in [1.165, 1.54) is 19.3 Å². The van der Waals surface area contributed by atoms with Gasteiger partial charge in [0.15, 0.2) is 0 Å². The van der Waals surface area contributed by atoms with Crippen LogP contribution in [0.15, 0.2) is 0 Å². The first-order chi connectivity index (χ1) is 6.29. The van der Waals surface area contributed by atoms with E-state index >= 15 is 0 Å². The van der Waals surface area contributed by atoms with Gasteiger partial charge in [-0.2, -0.15) is 0 Å². The first kappa shape index (κ1) is 10.6. The molecule has 2 atom stereocenters. The molecule has 1 fully saturated rings. The number of rotatable bonds is 2. The van der Waals surface area contributed by atoms with Gasteiger partial charge in [-0.05, 0) is 26.7 Å². The summed E-state index contributed by atoms with van der Waals surface area (Å²) in [5.74, 6) is 6.08. The maximum atomic E-state index is 5.74. The highest BCUT2D eigenvalue weighted by Crippen LogP contribution is 2.21. The van der Waals surface area contributed by atoms with Crippen molar-refractivity contribution in [1.82, 2.24) is 4.90 Å². The van der Waals surface area contributed by atoms with Crippen molar-refractivity contribution in [3.05, 3.63) is 0 Å². The summed E-state index contributed by atoms with van der Waals surface area (Å²) < 4.78 is 0. The van der Waals surface area contributed by atoms with Gasteiger partial charge in [0.1, 0.15) is 0 Å². The van der Waals surface area contributed by atoms with Gasteiger partial charge in [0, 0.05) is 18.6 Å². The average Bonchev–Trinajstić information content (AvgIpc) is 2.15. The predicted molar refractivity (Wildman–Crippen MR) is 56.3 cm³/mol. The van der Waals surface area contributed by atoms with Crippen LogP contribution in [0, 0.1) is 11.8 Å². The normalized spacial score (nSPS) is 29.5. The van der Waals surface area contributed by atoms with Crippen molar-refractivity contribution in [2.24, 2.45) is 5.73 Å². The van der Waals surface area contributed by atoms with Crippen LogP contribution >= 0.6 is 0 Å². The van der Waals surface area contributed by atoms with Crippen LogP contribution in [0.2, 0.25) is 0 Å². The average molecular weight is 180 g/mol. The minimum absolute atomic E-state index is 0.560.